The molecule has 0 aliphatic carbocycles. The summed E-state index contributed by atoms with van der Waals surface area (Å²) < 4.78 is 38.1. The third kappa shape index (κ3) is 3.64. The molecule has 1 aromatic carbocycles. The second kappa shape index (κ2) is 6.01. The summed E-state index contributed by atoms with van der Waals surface area (Å²) in [5.41, 5.74) is 3.81. The molecule has 0 fully saturated rings. The van der Waals surface area contributed by atoms with Crippen LogP contribution in [0.25, 0.3) is 0 Å². The molecule has 1 rings (SSSR count). The number of nitrogens with one attached hydrogen (secondary N) is 1. The van der Waals surface area contributed by atoms with Crippen molar-refractivity contribution in [2.45, 2.75) is 38.4 Å². The summed E-state index contributed by atoms with van der Waals surface area (Å²) in [6, 6.07) is 3.20. The Morgan fingerprint density at radius 3 is 2.30 bits per heavy atom. The van der Waals surface area contributed by atoms with Gasteiger partial charge in [-0.05, 0) is 31.0 Å². The topological polar surface area (TPSA) is 55.1 Å². The van der Waals surface area contributed by atoms with Crippen LogP contribution in [0, 0.1) is 0 Å². The van der Waals surface area contributed by atoms with Crippen molar-refractivity contribution >= 4 is 23.2 Å². The van der Waals surface area contributed by atoms with E-state index in [0.717, 1.165) is 12.1 Å². The minimum atomic E-state index is -4.58. The average molecular weight is 309 g/mol. The van der Waals surface area contributed by atoms with Gasteiger partial charge in [-0.25, -0.2) is 0 Å². The van der Waals surface area contributed by atoms with Crippen molar-refractivity contribution in [1.82, 2.24) is 0 Å². The van der Waals surface area contributed by atoms with Crippen molar-refractivity contribution in [1.29, 1.82) is 0 Å². The first-order chi connectivity index (χ1) is 9.14. The quantitative estimate of drug-likeness (QED) is 0.888. The standard InChI is InChI=1S/C13H16ClF3N2O/c1-3-12(18,4-2)11(20)19-8-5-6-10(14)9(7-8)13(15,16)17/h5-7H,3-4,18H2,1-2H3,(H,19,20). The molecule has 0 unspecified atom stereocenters. The number of nitrogens with two attached hydrogens (primary N) is 1. The van der Waals surface area contributed by atoms with E-state index in [1.807, 2.05) is 0 Å². The predicted molar refractivity (Wildman–Crippen MR) is 72.6 cm³/mol. The summed E-state index contributed by atoms with van der Waals surface area (Å²) in [4.78, 5) is 12.0. The van der Waals surface area contributed by atoms with Crippen LogP contribution in [0.4, 0.5) is 18.9 Å². The van der Waals surface area contributed by atoms with Crippen molar-refractivity contribution in [3.63, 3.8) is 0 Å². The summed E-state index contributed by atoms with van der Waals surface area (Å²) in [6.07, 6.45) is -3.81. The smallest absolute Gasteiger partial charge is 0.324 e. The molecule has 0 aliphatic heterocycles. The van der Waals surface area contributed by atoms with Gasteiger partial charge in [-0.15, -0.1) is 0 Å². The highest BCUT2D eigenvalue weighted by molar-refractivity contribution is 6.31. The molecule has 0 heterocycles. The fourth-order valence-corrected chi connectivity index (χ4v) is 1.87. The maximum atomic E-state index is 12.7. The zero-order valence-electron chi connectivity index (χ0n) is 11.1. The molecule has 0 bridgehead atoms. The van der Waals surface area contributed by atoms with Gasteiger partial charge in [0, 0.05) is 5.69 Å². The highest BCUT2D eigenvalue weighted by atomic mass is 35.5. The van der Waals surface area contributed by atoms with Crippen LogP contribution >= 0.6 is 11.6 Å². The highest BCUT2D eigenvalue weighted by Gasteiger charge is 2.34. The Hall–Kier alpha value is -1.27. The minimum Gasteiger partial charge on any atom is -0.324 e. The SMILES string of the molecule is CCC(N)(CC)C(=O)Nc1ccc(Cl)c(C(F)(F)F)c1. The van der Waals surface area contributed by atoms with Gasteiger partial charge in [0.25, 0.3) is 0 Å². The van der Waals surface area contributed by atoms with Gasteiger partial charge in [0.05, 0.1) is 16.1 Å². The third-order valence-corrected chi connectivity index (χ3v) is 3.57. The Morgan fingerprint density at radius 1 is 1.30 bits per heavy atom. The molecular formula is C13H16ClF3N2O. The summed E-state index contributed by atoms with van der Waals surface area (Å²) in [6.45, 7) is 3.48. The lowest BCUT2D eigenvalue weighted by molar-refractivity contribution is -0.137. The number of anilines is 1. The molecular weight excluding hydrogens is 293 g/mol. The summed E-state index contributed by atoms with van der Waals surface area (Å²) in [7, 11) is 0. The minimum absolute atomic E-state index is 0.0171. The second-order valence-electron chi connectivity index (χ2n) is 4.51. The summed E-state index contributed by atoms with van der Waals surface area (Å²) in [5.74, 6) is -0.516. The Balaban J connectivity index is 3.03. The van der Waals surface area contributed by atoms with Gasteiger partial charge in [0.15, 0.2) is 0 Å². The Kier molecular flexibility index (Phi) is 5.05. The largest absolute Gasteiger partial charge is 0.417 e. The number of carbonyl (C=O) groups excluding carboxylic acids is 1. The molecule has 0 spiro atoms. The molecule has 0 radical (unpaired) electrons. The van der Waals surface area contributed by atoms with E-state index >= 15 is 0 Å². The molecule has 3 N–H and O–H groups in total. The Morgan fingerprint density at radius 2 is 1.85 bits per heavy atom. The van der Waals surface area contributed by atoms with Crippen LogP contribution in [0.1, 0.15) is 32.3 Å². The number of carbonyl (C=O) groups is 1. The maximum absolute atomic E-state index is 12.7. The van der Waals surface area contributed by atoms with E-state index in [1.165, 1.54) is 6.07 Å². The Labute approximate surface area is 120 Å². The van der Waals surface area contributed by atoms with Crippen LogP contribution in [-0.4, -0.2) is 11.4 Å². The van der Waals surface area contributed by atoms with Gasteiger partial charge < -0.3 is 11.1 Å². The molecule has 0 atom stereocenters. The van der Waals surface area contributed by atoms with Gasteiger partial charge >= 0.3 is 6.18 Å². The number of halogens is 4. The fourth-order valence-electron chi connectivity index (χ4n) is 1.65. The molecule has 0 saturated heterocycles. The molecule has 1 amide bonds. The fraction of sp³-hybridized carbons (Fsp3) is 0.462. The van der Waals surface area contributed by atoms with E-state index < -0.39 is 28.2 Å². The first kappa shape index (κ1) is 16.8. The van der Waals surface area contributed by atoms with Crippen molar-refractivity contribution < 1.29 is 18.0 Å². The van der Waals surface area contributed by atoms with Crippen molar-refractivity contribution in [3.8, 4) is 0 Å². The molecule has 3 nitrogen and oxygen atoms in total. The number of alkyl halides is 3. The molecule has 112 valence electrons. The predicted octanol–water partition coefficient (Wildman–Crippen LogP) is 3.81. The first-order valence-corrected chi connectivity index (χ1v) is 6.49. The molecule has 0 aliphatic rings. The lowest BCUT2D eigenvalue weighted by Gasteiger charge is -2.25. The third-order valence-electron chi connectivity index (χ3n) is 3.24. The van der Waals surface area contributed by atoms with E-state index in [1.54, 1.807) is 13.8 Å². The van der Waals surface area contributed by atoms with E-state index in [4.69, 9.17) is 17.3 Å². The number of rotatable bonds is 4. The molecule has 1 aromatic rings. The zero-order chi connectivity index (χ0) is 15.6. The van der Waals surface area contributed by atoms with Crippen LogP contribution < -0.4 is 11.1 Å². The molecule has 0 aromatic heterocycles. The zero-order valence-corrected chi connectivity index (χ0v) is 11.9. The highest BCUT2D eigenvalue weighted by Crippen LogP contribution is 2.36. The van der Waals surface area contributed by atoms with E-state index in [9.17, 15) is 18.0 Å². The van der Waals surface area contributed by atoms with Crippen LogP contribution in [-0.2, 0) is 11.0 Å². The van der Waals surface area contributed by atoms with Crippen LogP contribution in [0.15, 0.2) is 18.2 Å². The average Bonchev–Trinajstić information content (AvgIpc) is 2.38. The van der Waals surface area contributed by atoms with Gasteiger partial charge in [-0.1, -0.05) is 25.4 Å². The van der Waals surface area contributed by atoms with E-state index in [0.29, 0.717) is 12.8 Å². The van der Waals surface area contributed by atoms with Gasteiger partial charge in [0.2, 0.25) is 5.91 Å². The Bertz CT molecular complexity index is 499. The monoisotopic (exact) mass is 308 g/mol. The van der Waals surface area contributed by atoms with Gasteiger partial charge in [0.1, 0.15) is 0 Å². The van der Waals surface area contributed by atoms with E-state index in [-0.39, 0.29) is 5.69 Å². The lowest BCUT2D eigenvalue weighted by Crippen LogP contribution is -2.50. The summed E-state index contributed by atoms with van der Waals surface area (Å²) in [5, 5.41) is 1.99. The van der Waals surface area contributed by atoms with Crippen molar-refractivity contribution in [3.05, 3.63) is 28.8 Å². The molecule has 0 saturated carbocycles. The number of amides is 1. The number of hydrogen-bond donors (Lipinski definition) is 2. The second-order valence-corrected chi connectivity index (χ2v) is 4.92. The first-order valence-electron chi connectivity index (χ1n) is 6.11. The van der Waals surface area contributed by atoms with Gasteiger partial charge in [-0.3, -0.25) is 4.79 Å². The van der Waals surface area contributed by atoms with Crippen molar-refractivity contribution in [2.24, 2.45) is 5.73 Å². The van der Waals surface area contributed by atoms with Crippen molar-refractivity contribution in [2.75, 3.05) is 5.32 Å². The maximum Gasteiger partial charge on any atom is 0.417 e. The molecule has 7 heteroatoms. The number of benzene rings is 1. The van der Waals surface area contributed by atoms with Crippen LogP contribution in [0.2, 0.25) is 5.02 Å². The summed E-state index contributed by atoms with van der Waals surface area (Å²) >= 11 is 5.50. The van der Waals surface area contributed by atoms with E-state index in [2.05, 4.69) is 5.32 Å². The van der Waals surface area contributed by atoms with Gasteiger partial charge in [-0.2, -0.15) is 13.2 Å². The molecule has 20 heavy (non-hydrogen) atoms. The number of hydrogen-bond acceptors (Lipinski definition) is 2. The lowest BCUT2D eigenvalue weighted by atomic mass is 9.93. The normalized spacial score (nSPS) is 12.3. The van der Waals surface area contributed by atoms with Crippen LogP contribution in [0.3, 0.4) is 0 Å². The van der Waals surface area contributed by atoms with Crippen LogP contribution in [0.5, 0.6) is 0 Å².